The van der Waals surface area contributed by atoms with Crippen molar-refractivity contribution < 1.29 is 0 Å². The van der Waals surface area contributed by atoms with Crippen molar-refractivity contribution in [3.63, 3.8) is 0 Å². The molecule has 0 heterocycles. The van der Waals surface area contributed by atoms with Crippen molar-refractivity contribution in [2.24, 2.45) is 11.8 Å². The van der Waals surface area contributed by atoms with Gasteiger partial charge in [-0.15, -0.1) is 0 Å². The van der Waals surface area contributed by atoms with Gasteiger partial charge in [-0.3, -0.25) is 0 Å². The summed E-state index contributed by atoms with van der Waals surface area (Å²) in [5.41, 5.74) is 0. The minimum absolute atomic E-state index is 0.943. The first-order valence-electron chi connectivity index (χ1n) is 4.17. The van der Waals surface area contributed by atoms with Crippen LogP contribution in [-0.4, -0.2) is 0 Å². The van der Waals surface area contributed by atoms with E-state index in [2.05, 4.69) is 13.8 Å². The fourth-order valence-corrected chi connectivity index (χ4v) is 1.68. The van der Waals surface area contributed by atoms with Crippen LogP contribution in [0, 0.1) is 18.8 Å². The predicted octanol–water partition coefficient (Wildman–Crippen LogP) is 3.04. The van der Waals surface area contributed by atoms with Gasteiger partial charge in [-0.2, -0.15) is 0 Å². The molecule has 1 rings (SSSR count). The molecule has 53 valence electrons. The second-order valence-electron chi connectivity index (χ2n) is 3.15. The monoisotopic (exact) mass is 125 g/mol. The smallest absolute Gasteiger partial charge is 0.0386 e. The van der Waals surface area contributed by atoms with E-state index in [4.69, 9.17) is 0 Å². The van der Waals surface area contributed by atoms with Crippen molar-refractivity contribution in [1.82, 2.24) is 0 Å². The van der Waals surface area contributed by atoms with E-state index >= 15 is 0 Å². The maximum atomic E-state index is 3.96. The summed E-state index contributed by atoms with van der Waals surface area (Å²) in [5.74, 6) is 1.99. The minimum Gasteiger partial charge on any atom is -0.0651 e. The van der Waals surface area contributed by atoms with E-state index in [0.29, 0.717) is 0 Å². The van der Waals surface area contributed by atoms with E-state index < -0.39 is 0 Å². The molecule has 1 unspecified atom stereocenters. The normalized spacial score (nSPS) is 20.3. The van der Waals surface area contributed by atoms with Crippen molar-refractivity contribution in [1.29, 1.82) is 0 Å². The van der Waals surface area contributed by atoms with Gasteiger partial charge in [0.15, 0.2) is 0 Å². The first-order valence-corrected chi connectivity index (χ1v) is 4.17. The average molecular weight is 125 g/mol. The first-order chi connectivity index (χ1) is 4.38. The molecule has 0 aromatic rings. The second-order valence-corrected chi connectivity index (χ2v) is 3.15. The Hall–Kier alpha value is 0. The van der Waals surface area contributed by atoms with Crippen LogP contribution in [0.1, 0.15) is 39.0 Å². The Bertz CT molecular complexity index is 68.1. The molecule has 1 aliphatic rings. The Morgan fingerprint density at radius 1 is 1.56 bits per heavy atom. The Labute approximate surface area is 58.7 Å². The van der Waals surface area contributed by atoms with Gasteiger partial charge in [0.05, 0.1) is 0 Å². The zero-order valence-corrected chi connectivity index (χ0v) is 6.40. The average Bonchev–Trinajstić information content (AvgIpc) is 1.78. The SMILES string of the molecule is [CH2]CC(CC)C1CCC1. The maximum absolute atomic E-state index is 3.96. The van der Waals surface area contributed by atoms with Crippen LogP contribution in [0.3, 0.4) is 0 Å². The summed E-state index contributed by atoms with van der Waals surface area (Å²) in [6.07, 6.45) is 6.93. The zero-order chi connectivity index (χ0) is 6.69. The van der Waals surface area contributed by atoms with Gasteiger partial charge in [0.1, 0.15) is 0 Å². The summed E-state index contributed by atoms with van der Waals surface area (Å²) in [7, 11) is 0. The maximum Gasteiger partial charge on any atom is -0.0386 e. The molecule has 0 heteroatoms. The van der Waals surface area contributed by atoms with Crippen LogP contribution >= 0.6 is 0 Å². The van der Waals surface area contributed by atoms with Gasteiger partial charge >= 0.3 is 0 Å². The van der Waals surface area contributed by atoms with Crippen molar-refractivity contribution in [2.45, 2.75) is 39.0 Å². The second kappa shape index (κ2) is 3.24. The standard InChI is InChI=1S/C9H17/c1-3-8(4-2)9-6-5-7-9/h8-9H,1,3-7H2,2H3. The molecule has 0 aromatic carbocycles. The molecule has 0 aliphatic heterocycles. The minimum atomic E-state index is 0.943. The highest BCUT2D eigenvalue weighted by Crippen LogP contribution is 2.36. The van der Waals surface area contributed by atoms with Crippen LogP contribution in [0.2, 0.25) is 0 Å². The third-order valence-electron chi connectivity index (χ3n) is 2.71. The molecule has 9 heavy (non-hydrogen) atoms. The summed E-state index contributed by atoms with van der Waals surface area (Å²) in [5, 5.41) is 0. The van der Waals surface area contributed by atoms with Gasteiger partial charge in [-0.1, -0.05) is 46.0 Å². The molecule has 0 nitrogen and oxygen atoms in total. The van der Waals surface area contributed by atoms with Gasteiger partial charge in [0.2, 0.25) is 0 Å². The van der Waals surface area contributed by atoms with Crippen LogP contribution in [0.25, 0.3) is 0 Å². The summed E-state index contributed by atoms with van der Waals surface area (Å²) >= 11 is 0. The summed E-state index contributed by atoms with van der Waals surface area (Å²) < 4.78 is 0. The lowest BCUT2D eigenvalue weighted by Crippen LogP contribution is -2.20. The molecule has 1 fully saturated rings. The summed E-state index contributed by atoms with van der Waals surface area (Å²) in [4.78, 5) is 0. The zero-order valence-electron chi connectivity index (χ0n) is 6.40. The highest BCUT2D eigenvalue weighted by atomic mass is 14.3. The van der Waals surface area contributed by atoms with Crippen LogP contribution < -0.4 is 0 Å². The van der Waals surface area contributed by atoms with E-state index in [1.165, 1.54) is 25.7 Å². The summed E-state index contributed by atoms with van der Waals surface area (Å²) in [6, 6.07) is 0. The van der Waals surface area contributed by atoms with E-state index in [1.807, 2.05) is 0 Å². The lowest BCUT2D eigenvalue weighted by atomic mass is 9.74. The molecule has 0 bridgehead atoms. The number of hydrogen-bond donors (Lipinski definition) is 0. The third-order valence-corrected chi connectivity index (χ3v) is 2.71. The molecule has 0 aromatic heterocycles. The third kappa shape index (κ3) is 1.47. The van der Waals surface area contributed by atoms with E-state index in [1.54, 1.807) is 0 Å². The highest BCUT2D eigenvalue weighted by molar-refractivity contribution is 4.77. The van der Waals surface area contributed by atoms with E-state index in [0.717, 1.165) is 18.3 Å². The fourth-order valence-electron chi connectivity index (χ4n) is 1.68. The highest BCUT2D eigenvalue weighted by Gasteiger charge is 2.23. The number of rotatable bonds is 3. The largest absolute Gasteiger partial charge is 0.0651 e. The molecule has 0 amide bonds. The predicted molar refractivity (Wildman–Crippen MR) is 41.1 cm³/mol. The lowest BCUT2D eigenvalue weighted by molar-refractivity contribution is 0.201. The van der Waals surface area contributed by atoms with Crippen LogP contribution in [-0.2, 0) is 0 Å². The molecule has 0 N–H and O–H groups in total. The Morgan fingerprint density at radius 3 is 2.33 bits per heavy atom. The van der Waals surface area contributed by atoms with E-state index in [-0.39, 0.29) is 0 Å². The van der Waals surface area contributed by atoms with Crippen molar-refractivity contribution >= 4 is 0 Å². The van der Waals surface area contributed by atoms with Crippen molar-refractivity contribution in [3.8, 4) is 0 Å². The van der Waals surface area contributed by atoms with Crippen LogP contribution in [0.15, 0.2) is 0 Å². The molecular formula is C9H17. The van der Waals surface area contributed by atoms with Gasteiger partial charge in [0, 0.05) is 0 Å². The topological polar surface area (TPSA) is 0 Å². The van der Waals surface area contributed by atoms with Crippen LogP contribution in [0.5, 0.6) is 0 Å². The number of hydrogen-bond acceptors (Lipinski definition) is 0. The Morgan fingerprint density at radius 2 is 2.22 bits per heavy atom. The summed E-state index contributed by atoms with van der Waals surface area (Å²) in [6.45, 7) is 6.25. The molecular weight excluding hydrogens is 108 g/mol. The first kappa shape index (κ1) is 7.11. The quantitative estimate of drug-likeness (QED) is 0.544. The van der Waals surface area contributed by atoms with Crippen LogP contribution in [0.4, 0.5) is 0 Å². The van der Waals surface area contributed by atoms with Gasteiger partial charge in [-0.25, -0.2) is 0 Å². The molecule has 1 aliphatic carbocycles. The molecule has 0 saturated heterocycles. The molecule has 1 atom stereocenters. The fraction of sp³-hybridized carbons (Fsp3) is 0.889. The molecule has 1 radical (unpaired) electrons. The molecule has 0 spiro atoms. The van der Waals surface area contributed by atoms with Crippen molar-refractivity contribution in [3.05, 3.63) is 6.92 Å². The van der Waals surface area contributed by atoms with Gasteiger partial charge < -0.3 is 0 Å². The Balaban J connectivity index is 2.19. The van der Waals surface area contributed by atoms with Gasteiger partial charge in [0.25, 0.3) is 0 Å². The lowest BCUT2D eigenvalue weighted by Gasteiger charge is -2.32. The molecule has 1 saturated carbocycles. The van der Waals surface area contributed by atoms with Gasteiger partial charge in [-0.05, 0) is 11.8 Å². The van der Waals surface area contributed by atoms with Crippen molar-refractivity contribution in [2.75, 3.05) is 0 Å². The van der Waals surface area contributed by atoms with E-state index in [9.17, 15) is 0 Å². The Kier molecular flexibility index (Phi) is 2.56.